The van der Waals surface area contributed by atoms with E-state index in [9.17, 15) is 52.5 Å². The Kier molecular flexibility index (Phi) is 16.8. The van der Waals surface area contributed by atoms with Crippen molar-refractivity contribution in [3.8, 4) is 0 Å². The third-order valence-corrected chi connectivity index (χ3v) is 7.10. The zero-order valence-electron chi connectivity index (χ0n) is 23.0. The van der Waals surface area contributed by atoms with Crippen LogP contribution in [0.1, 0.15) is 104 Å². The van der Waals surface area contributed by atoms with Gasteiger partial charge in [-0.25, -0.2) is 17.6 Å². The second-order valence-electron chi connectivity index (χ2n) is 9.75. The summed E-state index contributed by atoms with van der Waals surface area (Å²) in [6, 6.07) is 0. The summed E-state index contributed by atoms with van der Waals surface area (Å²) < 4.78 is 140. The van der Waals surface area contributed by atoms with Crippen molar-refractivity contribution >= 4 is 10.1 Å². The SMILES string of the molecule is CCCCCCCCCC[n+]1ccn(CCCCCCCC)c1.O=S(=O)([O-])C(F)(F)C(F)(F)C(F)(F)C(F)(F)F. The van der Waals surface area contributed by atoms with Gasteiger partial charge < -0.3 is 4.55 Å². The van der Waals surface area contributed by atoms with Gasteiger partial charge in [0, 0.05) is 0 Å². The highest BCUT2D eigenvalue weighted by molar-refractivity contribution is 7.86. The molecule has 238 valence electrons. The van der Waals surface area contributed by atoms with Crippen molar-refractivity contribution in [3.63, 3.8) is 0 Å². The lowest BCUT2D eigenvalue weighted by molar-refractivity contribution is -0.696. The average molecular weight is 621 g/mol. The lowest BCUT2D eigenvalue weighted by Gasteiger charge is -2.34. The van der Waals surface area contributed by atoms with E-state index in [1.165, 1.54) is 103 Å². The van der Waals surface area contributed by atoms with Crippen LogP contribution in [-0.2, 0) is 23.2 Å². The van der Waals surface area contributed by atoms with Crippen molar-refractivity contribution < 1.29 is 57.1 Å². The molecule has 5 nitrogen and oxygen atoms in total. The van der Waals surface area contributed by atoms with Crippen molar-refractivity contribution in [1.29, 1.82) is 0 Å². The maximum Gasteiger partial charge on any atom is 0.460 e. The van der Waals surface area contributed by atoms with E-state index in [2.05, 4.69) is 41.7 Å². The number of hydrogen-bond donors (Lipinski definition) is 0. The molecule has 0 N–H and O–H groups in total. The van der Waals surface area contributed by atoms with Gasteiger partial charge in [0.05, 0.1) is 13.1 Å². The summed E-state index contributed by atoms with van der Waals surface area (Å²) in [5.41, 5.74) is 0. The van der Waals surface area contributed by atoms with Gasteiger partial charge in [-0.1, -0.05) is 78.1 Å². The van der Waals surface area contributed by atoms with Crippen LogP contribution in [0.3, 0.4) is 0 Å². The molecule has 0 saturated heterocycles. The molecule has 0 aromatic carbocycles. The summed E-state index contributed by atoms with van der Waals surface area (Å²) in [4.78, 5) is 0. The second-order valence-corrected chi connectivity index (χ2v) is 11.2. The molecule has 0 bridgehead atoms. The summed E-state index contributed by atoms with van der Waals surface area (Å²) in [7, 11) is -7.42. The monoisotopic (exact) mass is 620 g/mol. The van der Waals surface area contributed by atoms with E-state index < -0.39 is 33.4 Å². The second kappa shape index (κ2) is 17.4. The average Bonchev–Trinajstić information content (AvgIpc) is 3.29. The van der Waals surface area contributed by atoms with Gasteiger partial charge in [0.2, 0.25) is 6.33 Å². The molecule has 0 fully saturated rings. The quantitative estimate of drug-likeness (QED) is 0.0677. The predicted octanol–water partition coefficient (Wildman–Crippen LogP) is 8.23. The number of imidazole rings is 1. The number of hydrogen-bond acceptors (Lipinski definition) is 3. The first-order valence-corrected chi connectivity index (χ1v) is 15.0. The van der Waals surface area contributed by atoms with Crippen molar-refractivity contribution in [2.45, 2.75) is 140 Å². The highest BCUT2D eigenvalue weighted by Crippen LogP contribution is 2.54. The minimum absolute atomic E-state index is 1.19. The number of aryl methyl sites for hydroxylation is 2. The van der Waals surface area contributed by atoms with Gasteiger partial charge in [-0.2, -0.15) is 39.5 Å². The zero-order chi connectivity index (χ0) is 31.1. The van der Waals surface area contributed by atoms with Gasteiger partial charge in [0.1, 0.15) is 12.4 Å². The largest absolute Gasteiger partial charge is 0.743 e. The van der Waals surface area contributed by atoms with E-state index in [1.807, 2.05) is 0 Å². The third-order valence-electron chi connectivity index (χ3n) is 6.22. The van der Waals surface area contributed by atoms with E-state index in [4.69, 9.17) is 0 Å². The molecule has 0 spiro atoms. The van der Waals surface area contributed by atoms with E-state index >= 15 is 0 Å². The fourth-order valence-corrected chi connectivity index (χ4v) is 4.17. The Labute approximate surface area is 230 Å². The summed E-state index contributed by atoms with van der Waals surface area (Å²) in [5, 5.41) is -7.11. The van der Waals surface area contributed by atoms with Gasteiger partial charge in [-0.05, 0) is 25.7 Å². The predicted molar refractivity (Wildman–Crippen MR) is 131 cm³/mol. The number of rotatable bonds is 19. The molecule has 0 atom stereocenters. The van der Waals surface area contributed by atoms with Crippen LogP contribution in [-0.4, -0.2) is 40.8 Å². The van der Waals surface area contributed by atoms with Crippen LogP contribution in [0.25, 0.3) is 0 Å². The van der Waals surface area contributed by atoms with Crippen molar-refractivity contribution in [1.82, 2.24) is 4.57 Å². The lowest BCUT2D eigenvalue weighted by atomic mass is 10.1. The number of halogens is 9. The highest BCUT2D eigenvalue weighted by Gasteiger charge is 2.83. The van der Waals surface area contributed by atoms with Gasteiger partial charge >= 0.3 is 23.3 Å². The lowest BCUT2D eigenvalue weighted by Crippen LogP contribution is -2.63. The number of unbranched alkanes of at least 4 members (excludes halogenated alkanes) is 12. The van der Waals surface area contributed by atoms with Crippen LogP contribution >= 0.6 is 0 Å². The summed E-state index contributed by atoms with van der Waals surface area (Å²) in [5.74, 6) is -14.8. The van der Waals surface area contributed by atoms with E-state index in [0.29, 0.717) is 0 Å². The normalized spacial score (nSPS) is 13.3. The Balaban J connectivity index is 0.000000799. The fourth-order valence-electron chi connectivity index (χ4n) is 3.72. The molecule has 0 aliphatic heterocycles. The first-order chi connectivity index (χ1) is 18.4. The van der Waals surface area contributed by atoms with Gasteiger partial charge in [0.15, 0.2) is 10.1 Å². The first kappa shape index (κ1) is 38.5. The van der Waals surface area contributed by atoms with E-state index in [-0.39, 0.29) is 0 Å². The maximum absolute atomic E-state index is 12.2. The number of nitrogens with zero attached hydrogens (tertiary/aromatic N) is 2. The smallest absolute Gasteiger partial charge is 0.460 e. The highest BCUT2D eigenvalue weighted by atomic mass is 32.2. The van der Waals surface area contributed by atoms with Crippen LogP contribution in [0, 0.1) is 0 Å². The topological polar surface area (TPSA) is 66.0 Å². The molecule has 0 radical (unpaired) electrons. The summed E-state index contributed by atoms with van der Waals surface area (Å²) >= 11 is 0. The van der Waals surface area contributed by atoms with E-state index in [1.54, 1.807) is 0 Å². The molecule has 0 aliphatic rings. The molecule has 15 heteroatoms. The Morgan fingerprint density at radius 2 is 1.10 bits per heavy atom. The molecule has 0 amide bonds. The van der Waals surface area contributed by atoms with Gasteiger partial charge in [0.25, 0.3) is 0 Å². The fraction of sp³-hybridized carbons (Fsp3) is 0.880. The first-order valence-electron chi connectivity index (χ1n) is 13.6. The molecule has 0 unspecified atom stereocenters. The maximum atomic E-state index is 12.2. The molecular weight excluding hydrogens is 579 g/mol. The van der Waals surface area contributed by atoms with Crippen LogP contribution in [0.4, 0.5) is 39.5 Å². The van der Waals surface area contributed by atoms with Crippen LogP contribution in [0.15, 0.2) is 18.7 Å². The minimum Gasteiger partial charge on any atom is -0.743 e. The Morgan fingerprint density at radius 3 is 1.52 bits per heavy atom. The molecule has 1 aromatic heterocycles. The van der Waals surface area contributed by atoms with Crippen molar-refractivity contribution in [2.24, 2.45) is 0 Å². The van der Waals surface area contributed by atoms with Crippen LogP contribution in [0.2, 0.25) is 0 Å². The van der Waals surface area contributed by atoms with E-state index in [0.717, 1.165) is 0 Å². The minimum atomic E-state index is -7.43. The molecule has 1 rings (SSSR count). The Hall–Kier alpha value is -1.51. The standard InChI is InChI=1S/C21H41N2.C4HF9O3S/c1-3-5-7-9-11-12-14-16-18-23-20-19-22(21-23)17-15-13-10-8-6-4-2;5-1(6,3(9,10)11)2(7,8)4(12,13)17(14,15)16/h19-21H,3-18H2,1-2H3;(H,14,15,16)/q+1;/p-1. The van der Waals surface area contributed by atoms with Crippen LogP contribution in [0.5, 0.6) is 0 Å². The molecule has 1 heterocycles. The molecule has 40 heavy (non-hydrogen) atoms. The summed E-state index contributed by atoms with van der Waals surface area (Å²) in [6.45, 7) is 6.95. The summed E-state index contributed by atoms with van der Waals surface area (Å²) in [6.07, 6.45) is 19.1. The van der Waals surface area contributed by atoms with Crippen molar-refractivity contribution in [3.05, 3.63) is 18.7 Å². The molecular formula is C25H41F9N2O3S. The molecule has 0 saturated carbocycles. The Bertz CT molecular complexity index is 921. The third kappa shape index (κ3) is 12.2. The van der Waals surface area contributed by atoms with Gasteiger partial charge in [-0.15, -0.1) is 0 Å². The zero-order valence-corrected chi connectivity index (χ0v) is 23.8. The number of aromatic nitrogens is 2. The molecule has 1 aromatic rings. The van der Waals surface area contributed by atoms with Gasteiger partial charge in [-0.3, -0.25) is 0 Å². The Morgan fingerprint density at radius 1 is 0.675 bits per heavy atom. The van der Waals surface area contributed by atoms with Crippen LogP contribution < -0.4 is 4.57 Å². The number of alkyl halides is 9. The molecule has 0 aliphatic carbocycles. The van der Waals surface area contributed by atoms with Crippen molar-refractivity contribution in [2.75, 3.05) is 0 Å².